The number of aryl methyl sites for hydroxylation is 4. The van der Waals surface area contributed by atoms with Crippen LogP contribution in [-0.2, 0) is 25.2 Å². The number of hydrogen-bond donors (Lipinski definition) is 8. The molecule has 0 unspecified atom stereocenters. The van der Waals surface area contributed by atoms with Crippen LogP contribution in [0.25, 0.3) is 67.9 Å². The molecule has 0 amide bonds. The number of anilines is 12. The number of ether oxygens (including phenoxy) is 2. The molecule has 9 aromatic heterocycles. The van der Waals surface area contributed by atoms with Crippen molar-refractivity contribution in [1.82, 2.24) is 103 Å². The number of pyridine rings is 1. The normalized spacial score (nSPS) is 11.5. The third kappa shape index (κ3) is 19.3. The van der Waals surface area contributed by atoms with E-state index in [0.717, 1.165) is 36.5 Å². The SMILES string of the molecule is CCc1nc2ccc(F)cc2n1-c1nc(N)nc(Nc2ccc(C(F)(F)F)cc2)n1.CCc1nc2ccc(F)cc2n1-c1nc(N)nc(Nc2ccc(OC(F)F)cc2)n1.Cc1nc2cc(F)ccc2n1-c1nc(N)nc(Nc2ccc(OC(F)F)c(F)c2)n1.Cc1nc2ccc(F)cc2n1-c1nc(N)nc(Nc2ccc(C(F)(F)F)nc2)n1. The molecule has 0 spiro atoms. The summed E-state index contributed by atoms with van der Waals surface area (Å²) in [5.41, 5.74) is 26.6. The summed E-state index contributed by atoms with van der Waals surface area (Å²) in [6.07, 6.45) is -6.91. The topological polar surface area (TPSA) is 410 Å². The summed E-state index contributed by atoms with van der Waals surface area (Å²) >= 11 is 0. The van der Waals surface area contributed by atoms with E-state index in [-0.39, 0.29) is 88.5 Å². The van der Waals surface area contributed by atoms with E-state index >= 15 is 0 Å². The monoisotopic (exact) mass is 1660 g/mol. The van der Waals surface area contributed by atoms with Gasteiger partial charge in [-0.2, -0.15) is 104 Å². The lowest BCUT2D eigenvalue weighted by atomic mass is 10.2. The van der Waals surface area contributed by atoms with Crippen molar-refractivity contribution >= 4 is 114 Å². The predicted octanol–water partition coefficient (Wildman–Crippen LogP) is 15.2. The summed E-state index contributed by atoms with van der Waals surface area (Å²) in [6, 6.07) is 32.0. The Morgan fingerprint density at radius 3 is 1.16 bits per heavy atom. The summed E-state index contributed by atoms with van der Waals surface area (Å²) < 4.78 is 209. The molecule has 119 heavy (non-hydrogen) atoms. The second-order valence-electron chi connectivity index (χ2n) is 24.7. The van der Waals surface area contributed by atoms with Gasteiger partial charge in [-0.3, -0.25) is 18.3 Å². The van der Waals surface area contributed by atoms with Crippen LogP contribution in [-0.4, -0.2) is 116 Å². The minimum atomic E-state index is -4.54. The predicted molar refractivity (Wildman–Crippen MR) is 403 cm³/mol. The quantitative estimate of drug-likeness (QED) is 0.0370. The lowest BCUT2D eigenvalue weighted by Crippen LogP contribution is -2.11. The molecule has 0 saturated carbocycles. The maximum absolute atomic E-state index is 13.9. The minimum absolute atomic E-state index is 0.0194. The zero-order valence-electron chi connectivity index (χ0n) is 61.3. The Balaban J connectivity index is 0.000000137. The molecule has 16 rings (SSSR count). The zero-order valence-corrected chi connectivity index (χ0v) is 61.3. The highest BCUT2D eigenvalue weighted by molar-refractivity contribution is 5.81. The number of nitrogens with two attached hydrogens (primary N) is 4. The van der Waals surface area contributed by atoms with Crippen molar-refractivity contribution in [1.29, 1.82) is 0 Å². The number of rotatable bonds is 18. The molecule has 46 heteroatoms. The fraction of sp³-hybridized carbons (Fsp3) is 0.137. The van der Waals surface area contributed by atoms with Crippen molar-refractivity contribution in [2.24, 2.45) is 0 Å². The first-order valence-corrected chi connectivity index (χ1v) is 34.5. The molecule has 0 aliphatic rings. The van der Waals surface area contributed by atoms with Crippen LogP contribution in [0.5, 0.6) is 11.5 Å². The highest BCUT2D eigenvalue weighted by Crippen LogP contribution is 2.34. The van der Waals surface area contributed by atoms with Crippen molar-refractivity contribution in [2.75, 3.05) is 44.2 Å². The molecule has 610 valence electrons. The molecule has 0 fully saturated rings. The number of nitrogens with zero attached hydrogens (tertiary/aromatic N) is 21. The van der Waals surface area contributed by atoms with E-state index in [1.54, 1.807) is 39.7 Å². The minimum Gasteiger partial charge on any atom is -0.435 e. The van der Waals surface area contributed by atoms with Gasteiger partial charge in [0.1, 0.15) is 58.0 Å². The van der Waals surface area contributed by atoms with Gasteiger partial charge in [-0.15, -0.1) is 0 Å². The Bertz CT molecular complexity index is 6390. The highest BCUT2D eigenvalue weighted by atomic mass is 19.4. The third-order valence-corrected chi connectivity index (χ3v) is 16.5. The van der Waals surface area contributed by atoms with Crippen LogP contribution in [0.3, 0.4) is 0 Å². The largest absolute Gasteiger partial charge is 0.435 e. The van der Waals surface area contributed by atoms with Gasteiger partial charge in [0.2, 0.25) is 71.4 Å². The second kappa shape index (κ2) is 33.9. The molecule has 7 aromatic carbocycles. The summed E-state index contributed by atoms with van der Waals surface area (Å²) in [5, 5.41) is 11.2. The van der Waals surface area contributed by atoms with Crippen molar-refractivity contribution in [3.05, 3.63) is 221 Å². The van der Waals surface area contributed by atoms with Crippen LogP contribution >= 0.6 is 0 Å². The number of fused-ring (bicyclic) bond motifs is 4. The van der Waals surface area contributed by atoms with Crippen LogP contribution in [0.1, 0.15) is 48.4 Å². The standard InChI is InChI=1S/C19H15F4N7.C19H16F3N7O.C18H13F4N7O.C17H12F4N8/c1-2-15-26-13-8-5-11(20)9-14(13)30(15)18-28-16(24)27-17(29-18)25-12-6-3-10(4-7-12)19(21,22)23;1-2-15-25-13-8-3-10(20)9-14(13)29(15)19-27-17(23)26-18(28-19)24-11-4-6-12(7-5-11)30-16(21)22;1-8-24-12-6-9(19)2-4-13(12)29(8)18-27-16(23)26-17(28-18)25-10-3-5-14(11(20)7-10)30-15(21)22;1-8-24-11-4-2-9(18)6-12(11)29(8)16-27-14(22)26-15(28-16)25-10-3-5-13(23-7-10)17(19,20)21/h3-9H,2H2,1H3,(H3,24,25,27,28,29);3-9,16H,2H2,1H3,(H3,23,24,26,27,28);2-7,15H,1H3,(H3,23,25,26,27,28);2-7H,1H3,(H3,22,25,26,27,28). The third-order valence-electron chi connectivity index (χ3n) is 16.5. The maximum Gasteiger partial charge on any atom is 0.433 e. The van der Waals surface area contributed by atoms with E-state index in [2.05, 4.69) is 115 Å². The van der Waals surface area contributed by atoms with Gasteiger partial charge in [-0.1, -0.05) is 13.8 Å². The van der Waals surface area contributed by atoms with Crippen LogP contribution in [0.4, 0.5) is 136 Å². The Hall–Kier alpha value is -15.4. The van der Waals surface area contributed by atoms with E-state index in [4.69, 9.17) is 22.9 Å². The average molecular weight is 1660 g/mol. The van der Waals surface area contributed by atoms with Crippen molar-refractivity contribution < 1.29 is 75.3 Å². The van der Waals surface area contributed by atoms with E-state index in [9.17, 15) is 65.9 Å². The number of nitrogen functional groups attached to an aromatic ring is 4. The lowest BCUT2D eigenvalue weighted by Gasteiger charge is -2.11. The van der Waals surface area contributed by atoms with Crippen molar-refractivity contribution in [3.63, 3.8) is 0 Å². The molecule has 16 aromatic rings. The fourth-order valence-electron chi connectivity index (χ4n) is 11.5. The van der Waals surface area contributed by atoms with Gasteiger partial charge in [0, 0.05) is 60.2 Å². The second-order valence-corrected chi connectivity index (χ2v) is 24.7. The maximum atomic E-state index is 13.9. The van der Waals surface area contributed by atoms with Crippen LogP contribution in [0, 0.1) is 42.9 Å². The Labute approximate surface area is 657 Å². The molecule has 0 bridgehead atoms. The zero-order chi connectivity index (χ0) is 84.9. The first-order chi connectivity index (χ1) is 56.7. The molecule has 0 aliphatic carbocycles. The van der Waals surface area contributed by atoms with E-state index in [1.165, 1.54) is 114 Å². The van der Waals surface area contributed by atoms with Gasteiger partial charge >= 0.3 is 25.6 Å². The summed E-state index contributed by atoms with van der Waals surface area (Å²) in [6.45, 7) is 1.09. The summed E-state index contributed by atoms with van der Waals surface area (Å²) in [7, 11) is 0. The molecule has 0 saturated heterocycles. The van der Waals surface area contributed by atoms with Crippen LogP contribution in [0.15, 0.2) is 158 Å². The van der Waals surface area contributed by atoms with Crippen molar-refractivity contribution in [2.45, 2.75) is 66.1 Å². The first kappa shape index (κ1) is 81.6. The highest BCUT2D eigenvalue weighted by Gasteiger charge is 2.33. The van der Waals surface area contributed by atoms with E-state index < -0.39 is 71.7 Å². The van der Waals surface area contributed by atoms with Gasteiger partial charge in [0.15, 0.2) is 11.6 Å². The molecule has 0 radical (unpaired) electrons. The van der Waals surface area contributed by atoms with Gasteiger partial charge in [0.25, 0.3) is 0 Å². The lowest BCUT2D eigenvalue weighted by molar-refractivity contribution is -0.141. The summed E-state index contributed by atoms with van der Waals surface area (Å²) in [4.78, 5) is 70.3. The number of halogens is 15. The fourth-order valence-corrected chi connectivity index (χ4v) is 11.5. The molecule has 0 aliphatic heterocycles. The number of imidazole rings is 4. The Kier molecular flexibility index (Phi) is 23.3. The van der Waals surface area contributed by atoms with Gasteiger partial charge in [-0.05, 0) is 135 Å². The van der Waals surface area contributed by atoms with Crippen molar-refractivity contribution in [3.8, 4) is 35.3 Å². The van der Waals surface area contributed by atoms with Gasteiger partial charge < -0.3 is 53.7 Å². The van der Waals surface area contributed by atoms with Crippen LogP contribution in [0.2, 0.25) is 0 Å². The number of benzene rings is 7. The van der Waals surface area contributed by atoms with E-state index in [1.807, 2.05) is 13.8 Å². The Morgan fingerprint density at radius 2 is 0.739 bits per heavy atom. The van der Waals surface area contributed by atoms with Gasteiger partial charge in [-0.25, -0.2) is 46.9 Å². The van der Waals surface area contributed by atoms with Gasteiger partial charge in [0.05, 0.1) is 61.6 Å². The molecule has 31 nitrogen and oxygen atoms in total. The molecular formula is C73H56F15N29O2. The van der Waals surface area contributed by atoms with Crippen LogP contribution < -0.4 is 53.7 Å². The first-order valence-electron chi connectivity index (χ1n) is 34.5. The molecular weight excluding hydrogens is 1600 g/mol. The average Bonchev–Trinajstić information content (AvgIpc) is 1.64. The number of hydrogen-bond acceptors (Lipinski definition) is 27. The number of alkyl halides is 10. The smallest absolute Gasteiger partial charge is 0.433 e. The summed E-state index contributed by atoms with van der Waals surface area (Å²) in [5.74, 6) is -1.05. The Morgan fingerprint density at radius 1 is 0.361 bits per heavy atom. The molecule has 12 N–H and O–H groups in total. The number of nitrogens with one attached hydrogen (secondary N) is 4. The number of aromatic nitrogens is 21. The van der Waals surface area contributed by atoms with E-state index in [0.29, 0.717) is 91.6 Å². The molecule has 9 heterocycles. The molecule has 0 atom stereocenters.